The first-order chi connectivity index (χ1) is 12.5. The van der Waals surface area contributed by atoms with Crippen molar-refractivity contribution in [2.45, 2.75) is 38.5 Å². The second kappa shape index (κ2) is 7.84. The molecular formula is C18H22N2O6. The number of methoxy groups -OCH3 is 2. The molecule has 0 radical (unpaired) electrons. The first-order valence-corrected chi connectivity index (χ1v) is 8.54. The van der Waals surface area contributed by atoms with Gasteiger partial charge in [0.2, 0.25) is 11.8 Å². The van der Waals surface area contributed by atoms with Crippen LogP contribution in [0.3, 0.4) is 0 Å². The van der Waals surface area contributed by atoms with Crippen molar-refractivity contribution in [3.63, 3.8) is 0 Å². The lowest BCUT2D eigenvalue weighted by molar-refractivity contribution is -0.163. The van der Waals surface area contributed by atoms with Gasteiger partial charge in [-0.25, -0.2) is 5.01 Å². The van der Waals surface area contributed by atoms with Gasteiger partial charge in [0.1, 0.15) is 5.75 Å². The molecule has 26 heavy (non-hydrogen) atoms. The lowest BCUT2D eigenvalue weighted by Crippen LogP contribution is -2.51. The molecular weight excluding hydrogens is 340 g/mol. The zero-order valence-electron chi connectivity index (χ0n) is 14.9. The normalized spacial score (nSPS) is 17.3. The van der Waals surface area contributed by atoms with E-state index in [-0.39, 0.29) is 43.4 Å². The van der Waals surface area contributed by atoms with E-state index >= 15 is 0 Å². The first-order valence-electron chi connectivity index (χ1n) is 8.54. The minimum absolute atomic E-state index is 0.182. The number of hydrogen-bond acceptors (Lipinski definition) is 6. The molecule has 1 fully saturated rings. The fourth-order valence-electron chi connectivity index (χ4n) is 3.15. The van der Waals surface area contributed by atoms with Crippen molar-refractivity contribution >= 4 is 17.7 Å². The van der Waals surface area contributed by atoms with Gasteiger partial charge in [-0.2, -0.15) is 5.01 Å². The third-order valence-electron chi connectivity index (χ3n) is 4.50. The molecule has 8 nitrogen and oxygen atoms in total. The molecule has 0 aliphatic carbocycles. The van der Waals surface area contributed by atoms with Crippen molar-refractivity contribution in [1.82, 2.24) is 10.0 Å². The van der Waals surface area contributed by atoms with Crippen LogP contribution in [0.15, 0.2) is 18.2 Å². The summed E-state index contributed by atoms with van der Waals surface area (Å²) in [6, 6.07) is 5.13. The molecule has 0 bridgehead atoms. The van der Waals surface area contributed by atoms with Gasteiger partial charge in [-0.05, 0) is 30.2 Å². The van der Waals surface area contributed by atoms with Crippen molar-refractivity contribution in [2.24, 2.45) is 0 Å². The Kier molecular flexibility index (Phi) is 5.53. The lowest BCUT2D eigenvalue weighted by atomic mass is 10.1. The van der Waals surface area contributed by atoms with Gasteiger partial charge in [-0.3, -0.25) is 14.4 Å². The predicted molar refractivity (Wildman–Crippen MR) is 89.9 cm³/mol. The number of fused-ring (bicyclic) bond motifs is 1. The van der Waals surface area contributed by atoms with Crippen molar-refractivity contribution in [3.8, 4) is 5.75 Å². The van der Waals surface area contributed by atoms with Crippen LogP contribution in [0.5, 0.6) is 5.75 Å². The molecule has 2 aliphatic heterocycles. The zero-order chi connectivity index (χ0) is 18.7. The summed E-state index contributed by atoms with van der Waals surface area (Å²) in [5.41, 5.74) is 1.21. The molecule has 8 heteroatoms. The maximum atomic E-state index is 12.6. The Balaban J connectivity index is 1.68. The van der Waals surface area contributed by atoms with Crippen molar-refractivity contribution in [2.75, 3.05) is 20.8 Å². The highest BCUT2D eigenvalue weighted by molar-refractivity contribution is 6.04. The monoisotopic (exact) mass is 362 g/mol. The maximum Gasteiger partial charge on any atom is 0.273 e. The molecule has 1 saturated heterocycles. The van der Waals surface area contributed by atoms with Crippen LogP contribution in [-0.2, 0) is 25.6 Å². The van der Waals surface area contributed by atoms with Crippen LogP contribution >= 0.6 is 0 Å². The molecule has 0 spiro atoms. The average molecular weight is 362 g/mol. The van der Waals surface area contributed by atoms with E-state index in [1.165, 1.54) is 5.01 Å². The van der Waals surface area contributed by atoms with Gasteiger partial charge in [0.25, 0.3) is 5.91 Å². The highest BCUT2D eigenvalue weighted by atomic mass is 16.7. The van der Waals surface area contributed by atoms with E-state index in [0.29, 0.717) is 30.8 Å². The standard InChI is InChI=1S/C18H22N2O6/c1-24-17(25-2)8-9-26-13-6-7-14-12(10-13)11-19(18(14)23)20-15(21)4-3-5-16(20)22/h6-7,10,17H,3-5,8-9,11H2,1-2H3. The number of ether oxygens (including phenoxy) is 3. The number of piperidine rings is 1. The van der Waals surface area contributed by atoms with E-state index < -0.39 is 0 Å². The van der Waals surface area contributed by atoms with Crippen molar-refractivity contribution in [3.05, 3.63) is 29.3 Å². The topological polar surface area (TPSA) is 85.4 Å². The molecule has 2 heterocycles. The molecule has 1 aromatic rings. The molecule has 3 rings (SSSR count). The van der Waals surface area contributed by atoms with E-state index in [0.717, 1.165) is 10.6 Å². The summed E-state index contributed by atoms with van der Waals surface area (Å²) in [7, 11) is 3.12. The summed E-state index contributed by atoms with van der Waals surface area (Å²) in [5.74, 6) is -0.386. The fraction of sp³-hybridized carbons (Fsp3) is 0.500. The number of amides is 3. The van der Waals surface area contributed by atoms with Gasteiger partial charge in [-0.1, -0.05) is 0 Å². The van der Waals surface area contributed by atoms with E-state index in [9.17, 15) is 14.4 Å². The molecule has 0 unspecified atom stereocenters. The quantitative estimate of drug-likeness (QED) is 0.540. The molecule has 0 N–H and O–H groups in total. The van der Waals surface area contributed by atoms with Crippen LogP contribution in [0.1, 0.15) is 41.6 Å². The zero-order valence-corrected chi connectivity index (χ0v) is 14.9. The summed E-state index contributed by atoms with van der Waals surface area (Å²) in [5, 5.41) is 2.22. The summed E-state index contributed by atoms with van der Waals surface area (Å²) in [6.07, 6.45) is 1.32. The van der Waals surface area contributed by atoms with Gasteiger partial charge < -0.3 is 14.2 Å². The fourth-order valence-corrected chi connectivity index (χ4v) is 3.15. The summed E-state index contributed by atoms with van der Waals surface area (Å²) < 4.78 is 15.9. The van der Waals surface area contributed by atoms with Gasteiger partial charge in [0, 0.05) is 39.0 Å². The number of benzene rings is 1. The minimum atomic E-state index is -0.339. The maximum absolute atomic E-state index is 12.6. The lowest BCUT2D eigenvalue weighted by Gasteiger charge is -2.32. The van der Waals surface area contributed by atoms with E-state index in [1.807, 2.05) is 0 Å². The van der Waals surface area contributed by atoms with Crippen LogP contribution < -0.4 is 4.74 Å². The third-order valence-corrected chi connectivity index (χ3v) is 4.50. The van der Waals surface area contributed by atoms with Gasteiger partial charge >= 0.3 is 0 Å². The highest BCUT2D eigenvalue weighted by Gasteiger charge is 2.39. The molecule has 0 aromatic heterocycles. The summed E-state index contributed by atoms with van der Waals surface area (Å²) in [4.78, 5) is 36.7. The van der Waals surface area contributed by atoms with Crippen LogP contribution in [0.2, 0.25) is 0 Å². The van der Waals surface area contributed by atoms with Gasteiger partial charge in [-0.15, -0.1) is 0 Å². The number of hydrogen-bond donors (Lipinski definition) is 0. The number of imide groups is 1. The van der Waals surface area contributed by atoms with Gasteiger partial charge in [0.15, 0.2) is 6.29 Å². The van der Waals surface area contributed by atoms with Crippen molar-refractivity contribution in [1.29, 1.82) is 0 Å². The molecule has 140 valence electrons. The second-order valence-corrected chi connectivity index (χ2v) is 6.17. The Morgan fingerprint density at radius 3 is 2.42 bits per heavy atom. The highest BCUT2D eigenvalue weighted by Crippen LogP contribution is 2.30. The van der Waals surface area contributed by atoms with Crippen molar-refractivity contribution < 1.29 is 28.6 Å². The second-order valence-electron chi connectivity index (χ2n) is 6.17. The number of hydrazine groups is 1. The Morgan fingerprint density at radius 2 is 1.77 bits per heavy atom. The first kappa shape index (κ1) is 18.3. The Labute approximate surface area is 151 Å². The number of carbonyl (C=O) groups excluding carboxylic acids is 3. The predicted octanol–water partition coefficient (Wildman–Crippen LogP) is 1.48. The molecule has 1 aromatic carbocycles. The van der Waals surface area contributed by atoms with Crippen LogP contribution in [0, 0.1) is 0 Å². The minimum Gasteiger partial charge on any atom is -0.493 e. The SMILES string of the molecule is COC(CCOc1ccc2c(c1)CN(N1C(=O)CCCC1=O)C2=O)OC. The summed E-state index contributed by atoms with van der Waals surface area (Å²) in [6.45, 7) is 0.577. The van der Waals surface area contributed by atoms with Crippen LogP contribution in [-0.4, -0.2) is 54.9 Å². The third kappa shape index (κ3) is 3.56. The largest absolute Gasteiger partial charge is 0.493 e. The molecule has 0 saturated carbocycles. The summed E-state index contributed by atoms with van der Waals surface area (Å²) >= 11 is 0. The molecule has 2 aliphatic rings. The number of rotatable bonds is 7. The Morgan fingerprint density at radius 1 is 1.08 bits per heavy atom. The van der Waals surface area contributed by atoms with Gasteiger partial charge in [0.05, 0.1) is 13.2 Å². The number of carbonyl (C=O) groups is 3. The Hall–Kier alpha value is -2.45. The van der Waals surface area contributed by atoms with Crippen LogP contribution in [0.4, 0.5) is 0 Å². The molecule has 0 atom stereocenters. The molecule has 3 amide bonds. The van der Waals surface area contributed by atoms with E-state index in [4.69, 9.17) is 14.2 Å². The van der Waals surface area contributed by atoms with E-state index in [1.54, 1.807) is 32.4 Å². The number of nitrogens with zero attached hydrogens (tertiary/aromatic N) is 2. The van der Waals surface area contributed by atoms with E-state index in [2.05, 4.69) is 0 Å². The Bertz CT molecular complexity index is 700. The smallest absolute Gasteiger partial charge is 0.273 e. The van der Waals surface area contributed by atoms with Crippen LogP contribution in [0.25, 0.3) is 0 Å². The average Bonchev–Trinajstić information content (AvgIpc) is 2.95.